The van der Waals surface area contributed by atoms with Gasteiger partial charge in [0.05, 0.1) is 6.61 Å². The molecule has 30 heavy (non-hydrogen) atoms. The predicted molar refractivity (Wildman–Crippen MR) is 124 cm³/mol. The summed E-state index contributed by atoms with van der Waals surface area (Å²) < 4.78 is 11.2. The summed E-state index contributed by atoms with van der Waals surface area (Å²) in [5.41, 5.74) is 0. The Balaban J connectivity index is 1.57. The lowest BCUT2D eigenvalue weighted by Crippen LogP contribution is -2.30. The molecule has 0 atom stereocenters. The molecule has 0 aromatic carbocycles. The quantitative estimate of drug-likeness (QED) is 0.150. The Morgan fingerprint density at radius 3 is 2.13 bits per heavy atom. The van der Waals surface area contributed by atoms with Crippen LogP contribution in [0.2, 0.25) is 0 Å². The smallest absolute Gasteiger partial charge is 0.373 e. The van der Waals surface area contributed by atoms with Crippen LogP contribution >= 0.6 is 0 Å². The van der Waals surface area contributed by atoms with Gasteiger partial charge in [-0.3, -0.25) is 0 Å². The molecule has 0 saturated heterocycles. The van der Waals surface area contributed by atoms with Gasteiger partial charge in [-0.25, -0.2) is 4.79 Å². The lowest BCUT2D eigenvalue weighted by molar-refractivity contribution is -0.150. The topological polar surface area (TPSA) is 38.8 Å². The summed E-state index contributed by atoms with van der Waals surface area (Å²) in [4.78, 5) is 14.4. The molecule has 4 nitrogen and oxygen atoms in total. The zero-order chi connectivity index (χ0) is 21.8. The van der Waals surface area contributed by atoms with Crippen molar-refractivity contribution in [2.45, 2.75) is 103 Å². The van der Waals surface area contributed by atoms with Gasteiger partial charge < -0.3 is 14.4 Å². The predicted octanol–water partition coefficient (Wildman–Crippen LogP) is 6.35. The number of carbonyl (C=O) groups is 1. The molecule has 0 radical (unpaired) electrons. The van der Waals surface area contributed by atoms with Gasteiger partial charge in [0.1, 0.15) is 6.10 Å². The highest BCUT2D eigenvalue weighted by Crippen LogP contribution is 2.41. The Kier molecular flexibility index (Phi) is 11.9. The fourth-order valence-corrected chi connectivity index (χ4v) is 5.31. The molecule has 0 heterocycles. The second-order valence-corrected chi connectivity index (χ2v) is 10.0. The minimum atomic E-state index is -0.362. The molecule has 2 aliphatic carbocycles. The Morgan fingerprint density at radius 1 is 0.900 bits per heavy atom. The third-order valence-electron chi connectivity index (χ3n) is 7.27. The van der Waals surface area contributed by atoms with E-state index in [4.69, 9.17) is 9.47 Å². The van der Waals surface area contributed by atoms with Gasteiger partial charge in [0.2, 0.25) is 0 Å². The van der Waals surface area contributed by atoms with Crippen molar-refractivity contribution in [3.8, 4) is 0 Å². The number of nitrogens with zero attached hydrogens (tertiary/aromatic N) is 1. The van der Waals surface area contributed by atoms with Crippen LogP contribution in [0.5, 0.6) is 0 Å². The molecule has 0 aliphatic heterocycles. The number of carbonyl (C=O) groups excluding carboxylic acids is 1. The SMILES string of the molecule is C=C(OCCCCN(C)C)C(=O)OC1CCC(C2CCC(CCCCC)CC2)CC1. The van der Waals surface area contributed by atoms with Crippen LogP contribution in [0.15, 0.2) is 12.3 Å². The van der Waals surface area contributed by atoms with Gasteiger partial charge in [-0.05, 0) is 96.3 Å². The average Bonchev–Trinajstić information content (AvgIpc) is 2.74. The highest BCUT2D eigenvalue weighted by Gasteiger charge is 2.32. The molecule has 2 saturated carbocycles. The molecule has 0 aromatic rings. The lowest BCUT2D eigenvalue weighted by Gasteiger charge is -2.37. The van der Waals surface area contributed by atoms with E-state index in [2.05, 4.69) is 32.5 Å². The number of rotatable bonds is 13. The fraction of sp³-hybridized carbons (Fsp3) is 0.885. The van der Waals surface area contributed by atoms with Crippen molar-refractivity contribution in [2.24, 2.45) is 17.8 Å². The molecule has 0 spiro atoms. The van der Waals surface area contributed by atoms with Gasteiger partial charge in [0.15, 0.2) is 5.76 Å². The number of ether oxygens (including phenoxy) is 2. The summed E-state index contributed by atoms with van der Waals surface area (Å²) >= 11 is 0. The van der Waals surface area contributed by atoms with Gasteiger partial charge in [0, 0.05) is 0 Å². The summed E-state index contributed by atoms with van der Waals surface area (Å²) in [6.07, 6.45) is 17.8. The fourth-order valence-electron chi connectivity index (χ4n) is 5.31. The van der Waals surface area contributed by atoms with Crippen LogP contribution in [0.4, 0.5) is 0 Å². The average molecular weight is 422 g/mol. The molecule has 0 N–H and O–H groups in total. The highest BCUT2D eigenvalue weighted by atomic mass is 16.6. The molecule has 174 valence electrons. The van der Waals surface area contributed by atoms with E-state index in [-0.39, 0.29) is 17.8 Å². The van der Waals surface area contributed by atoms with Gasteiger partial charge in [0.25, 0.3) is 0 Å². The summed E-state index contributed by atoms with van der Waals surface area (Å²) in [5.74, 6) is 2.54. The lowest BCUT2D eigenvalue weighted by atomic mass is 9.70. The molecule has 0 aromatic heterocycles. The number of hydrogen-bond donors (Lipinski definition) is 0. The van der Waals surface area contributed by atoms with Gasteiger partial charge in [-0.2, -0.15) is 0 Å². The normalized spacial score (nSPS) is 27.1. The van der Waals surface area contributed by atoms with Crippen molar-refractivity contribution in [2.75, 3.05) is 27.2 Å². The first-order valence-electron chi connectivity index (χ1n) is 12.7. The molecule has 4 heteroatoms. The van der Waals surface area contributed by atoms with Crippen LogP contribution in [0.3, 0.4) is 0 Å². The maximum Gasteiger partial charge on any atom is 0.373 e. The van der Waals surface area contributed by atoms with E-state index in [0.29, 0.717) is 6.61 Å². The van der Waals surface area contributed by atoms with Crippen LogP contribution < -0.4 is 0 Å². The van der Waals surface area contributed by atoms with E-state index >= 15 is 0 Å². The van der Waals surface area contributed by atoms with E-state index < -0.39 is 0 Å². The monoisotopic (exact) mass is 421 g/mol. The zero-order valence-corrected chi connectivity index (χ0v) is 20.0. The molecule has 0 amide bonds. The highest BCUT2D eigenvalue weighted by molar-refractivity contribution is 5.85. The van der Waals surface area contributed by atoms with E-state index in [1.54, 1.807) is 0 Å². The van der Waals surface area contributed by atoms with E-state index in [0.717, 1.165) is 50.0 Å². The minimum absolute atomic E-state index is 0.0493. The molecule has 2 aliphatic rings. The van der Waals surface area contributed by atoms with Gasteiger partial charge >= 0.3 is 5.97 Å². The maximum absolute atomic E-state index is 12.3. The van der Waals surface area contributed by atoms with Crippen molar-refractivity contribution >= 4 is 5.97 Å². The van der Waals surface area contributed by atoms with Crippen LogP contribution in [-0.2, 0) is 14.3 Å². The molecule has 2 rings (SSSR count). The summed E-state index contributed by atoms with van der Waals surface area (Å²) in [7, 11) is 4.12. The van der Waals surface area contributed by atoms with Crippen LogP contribution in [0, 0.1) is 17.8 Å². The standard InChI is InChI=1S/C26H47NO3/c1-5-6-7-10-22-11-13-23(14-12-22)24-15-17-25(18-16-24)30-26(28)21(2)29-20-9-8-19-27(3)4/h22-25H,2,5-20H2,1,3-4H3. The molecular formula is C26H47NO3. The maximum atomic E-state index is 12.3. The summed E-state index contributed by atoms with van der Waals surface area (Å²) in [6.45, 7) is 7.63. The van der Waals surface area contributed by atoms with E-state index in [1.807, 2.05) is 0 Å². The second kappa shape index (κ2) is 14.1. The Morgan fingerprint density at radius 2 is 1.53 bits per heavy atom. The van der Waals surface area contributed by atoms with E-state index in [1.165, 1.54) is 64.2 Å². The summed E-state index contributed by atoms with van der Waals surface area (Å²) in [6, 6.07) is 0. The van der Waals surface area contributed by atoms with Crippen molar-refractivity contribution in [1.82, 2.24) is 4.90 Å². The molecule has 2 fully saturated rings. The van der Waals surface area contributed by atoms with Crippen molar-refractivity contribution in [3.63, 3.8) is 0 Å². The Labute approximate surface area is 185 Å². The van der Waals surface area contributed by atoms with E-state index in [9.17, 15) is 4.79 Å². The Hall–Kier alpha value is -1.03. The van der Waals surface area contributed by atoms with Gasteiger partial charge in [-0.1, -0.05) is 45.4 Å². The number of hydrogen-bond acceptors (Lipinski definition) is 4. The summed E-state index contributed by atoms with van der Waals surface area (Å²) in [5, 5.41) is 0. The second-order valence-electron chi connectivity index (χ2n) is 10.0. The number of esters is 1. The molecular weight excluding hydrogens is 374 g/mol. The van der Waals surface area contributed by atoms with Crippen LogP contribution in [0.25, 0.3) is 0 Å². The largest absolute Gasteiger partial charge is 0.487 e. The van der Waals surface area contributed by atoms with Crippen molar-refractivity contribution < 1.29 is 14.3 Å². The third kappa shape index (κ3) is 9.41. The first-order chi connectivity index (χ1) is 14.5. The van der Waals surface area contributed by atoms with Crippen molar-refractivity contribution in [3.05, 3.63) is 12.3 Å². The first kappa shape index (κ1) is 25.2. The van der Waals surface area contributed by atoms with Crippen molar-refractivity contribution in [1.29, 1.82) is 0 Å². The molecule has 0 bridgehead atoms. The number of unbranched alkanes of at least 4 members (excludes halogenated alkanes) is 3. The Bertz CT molecular complexity index is 489. The first-order valence-corrected chi connectivity index (χ1v) is 12.7. The zero-order valence-electron chi connectivity index (χ0n) is 20.0. The molecule has 0 unspecified atom stereocenters. The third-order valence-corrected chi connectivity index (χ3v) is 7.27. The van der Waals surface area contributed by atoms with Gasteiger partial charge in [-0.15, -0.1) is 0 Å². The van der Waals surface area contributed by atoms with Crippen LogP contribution in [-0.4, -0.2) is 44.2 Å². The minimum Gasteiger partial charge on any atom is -0.487 e. The van der Waals surface area contributed by atoms with Crippen LogP contribution in [0.1, 0.15) is 96.8 Å².